The Bertz CT molecular complexity index is 4440. The monoisotopic (exact) mass is 1140 g/mol. The van der Waals surface area contributed by atoms with Crippen LogP contribution in [-0.2, 0) is 21.7 Å². The number of anilines is 6. The van der Waals surface area contributed by atoms with E-state index in [0.717, 1.165) is 46.0 Å². The molecule has 7 aliphatic carbocycles. The molecule has 0 aromatic heterocycles. The highest BCUT2D eigenvalue weighted by Gasteiger charge is 2.62. The molecule has 88 heavy (non-hydrogen) atoms. The first-order chi connectivity index (χ1) is 42.2. The first-order valence-corrected chi connectivity index (χ1v) is 33.0. The molecule has 4 saturated carbocycles. The number of rotatable bonds is 11. The molecule has 7 aliphatic rings. The quantitative estimate of drug-likeness (QED) is 0.127. The summed E-state index contributed by atoms with van der Waals surface area (Å²) >= 11 is 0. The van der Waals surface area contributed by atoms with Gasteiger partial charge in [-0.25, -0.2) is 0 Å². The number of benzene rings is 10. The van der Waals surface area contributed by atoms with Crippen LogP contribution in [0.5, 0.6) is 0 Å². The maximum Gasteiger partial charge on any atom is 0.0465 e. The van der Waals surface area contributed by atoms with Crippen LogP contribution in [0.4, 0.5) is 34.1 Å². The van der Waals surface area contributed by atoms with Crippen LogP contribution in [0, 0.1) is 36.5 Å². The minimum atomic E-state index is -0.268. The molecule has 0 saturated heterocycles. The van der Waals surface area contributed by atoms with Crippen LogP contribution in [0.15, 0.2) is 212 Å². The zero-order chi connectivity index (χ0) is 60.4. The molecule has 17 rings (SSSR count). The second-order valence-corrected chi connectivity index (χ2v) is 30.4. The largest absolute Gasteiger partial charge is 0.310 e. The summed E-state index contributed by atoms with van der Waals surface area (Å²) in [5.41, 5.74) is 33.4. The van der Waals surface area contributed by atoms with Gasteiger partial charge in [-0.3, -0.25) is 0 Å². The summed E-state index contributed by atoms with van der Waals surface area (Å²) in [6.45, 7) is 26.5. The Labute approximate surface area is 524 Å². The van der Waals surface area contributed by atoms with Crippen molar-refractivity contribution < 1.29 is 0 Å². The smallest absolute Gasteiger partial charge is 0.0465 e. The van der Waals surface area contributed by atoms with Crippen molar-refractivity contribution in [2.75, 3.05) is 9.80 Å². The molecule has 10 aromatic rings. The van der Waals surface area contributed by atoms with Gasteiger partial charge in [0.05, 0.1) is 0 Å². The summed E-state index contributed by atoms with van der Waals surface area (Å²) in [6, 6.07) is 82.0. The molecule has 0 N–H and O–H groups in total. The van der Waals surface area contributed by atoms with Crippen molar-refractivity contribution in [3.63, 3.8) is 0 Å². The molecular weight excluding hydrogens is 1060 g/mol. The molecule has 438 valence electrons. The van der Waals surface area contributed by atoms with Crippen molar-refractivity contribution in [1.82, 2.24) is 0 Å². The Morgan fingerprint density at radius 3 is 1.17 bits per heavy atom. The summed E-state index contributed by atoms with van der Waals surface area (Å²) in [6.07, 6.45) is 9.78. The summed E-state index contributed by atoms with van der Waals surface area (Å²) in [5.74, 6) is 1.76. The fourth-order valence-electron chi connectivity index (χ4n) is 18.8. The molecule has 0 amide bonds. The Balaban J connectivity index is 0.694. The minimum Gasteiger partial charge on any atom is -0.310 e. The number of fused-ring (bicyclic) bond motifs is 9. The van der Waals surface area contributed by atoms with E-state index < -0.39 is 0 Å². The Kier molecular flexibility index (Phi) is 12.2. The first kappa shape index (κ1) is 55.1. The first-order valence-electron chi connectivity index (χ1n) is 33.0. The number of hydrogen-bond acceptors (Lipinski definition) is 2. The summed E-state index contributed by atoms with van der Waals surface area (Å²) < 4.78 is 0. The van der Waals surface area contributed by atoms with Gasteiger partial charge in [0.25, 0.3) is 0 Å². The molecule has 0 aliphatic heterocycles. The predicted molar refractivity (Wildman–Crippen MR) is 372 cm³/mol. The lowest BCUT2D eigenvalue weighted by atomic mass is 9.38. The van der Waals surface area contributed by atoms with Crippen molar-refractivity contribution >= 4 is 34.1 Å². The normalized spacial score (nSPS) is 21.5. The molecule has 2 heteroatoms. The molecule has 4 bridgehead atoms. The second-order valence-electron chi connectivity index (χ2n) is 30.4. The van der Waals surface area contributed by atoms with Crippen molar-refractivity contribution in [1.29, 1.82) is 0 Å². The van der Waals surface area contributed by atoms with Gasteiger partial charge < -0.3 is 9.80 Å². The van der Waals surface area contributed by atoms with Crippen molar-refractivity contribution in [3.8, 4) is 55.6 Å². The highest BCUT2D eigenvalue weighted by Crippen LogP contribution is 2.71. The fraction of sp³-hybridized carbons (Fsp3) is 0.302. The van der Waals surface area contributed by atoms with Crippen LogP contribution in [0.3, 0.4) is 0 Å². The lowest BCUT2D eigenvalue weighted by molar-refractivity contribution is -0.134. The van der Waals surface area contributed by atoms with Gasteiger partial charge in [-0.2, -0.15) is 0 Å². The van der Waals surface area contributed by atoms with E-state index in [-0.39, 0.29) is 16.2 Å². The summed E-state index contributed by atoms with van der Waals surface area (Å²) in [4.78, 5) is 4.89. The average Bonchev–Trinajstić information content (AvgIpc) is 0.791. The van der Waals surface area contributed by atoms with Gasteiger partial charge in [-0.05, 0) is 260 Å². The molecular formula is C86H84N2. The molecule has 0 radical (unpaired) electrons. The lowest BCUT2D eigenvalue weighted by Crippen LogP contribution is -2.58. The topological polar surface area (TPSA) is 6.48 Å². The van der Waals surface area contributed by atoms with E-state index >= 15 is 0 Å². The van der Waals surface area contributed by atoms with Crippen LogP contribution >= 0.6 is 0 Å². The number of hydrogen-bond donors (Lipinski definition) is 0. The lowest BCUT2D eigenvalue weighted by Gasteiger charge is -2.67. The van der Waals surface area contributed by atoms with Crippen LogP contribution in [0.1, 0.15) is 157 Å². The SMILES string of the molecule is CCC(C)(C)C12CC3CC(CC(c4ccc5c(c4)C(C)(C)c4cc(-c6ccc(N(c7ccc(C)cc7)c7ccc8c(c7)C(C)(C)c7cc(N(c9ccc(C)cc9)c9ccc(-c%10ccc%11c(c%10)C(C)(C)c%10ccccc%10-%11)cc9)ccc7-8)cc6)ccc4-5)(C3)C1)C2. The van der Waals surface area contributed by atoms with E-state index in [1.54, 1.807) is 5.56 Å². The van der Waals surface area contributed by atoms with Gasteiger partial charge in [0.15, 0.2) is 0 Å². The molecule has 0 heterocycles. The second kappa shape index (κ2) is 19.4. The van der Waals surface area contributed by atoms with Gasteiger partial charge >= 0.3 is 0 Å². The van der Waals surface area contributed by atoms with Gasteiger partial charge in [0.2, 0.25) is 0 Å². The van der Waals surface area contributed by atoms with E-state index in [2.05, 4.69) is 298 Å². The van der Waals surface area contributed by atoms with Crippen LogP contribution < -0.4 is 9.80 Å². The van der Waals surface area contributed by atoms with E-state index in [1.807, 2.05) is 0 Å². The third kappa shape index (κ3) is 8.25. The molecule has 10 aromatic carbocycles. The van der Waals surface area contributed by atoms with Gasteiger partial charge in [-0.1, -0.05) is 207 Å². The van der Waals surface area contributed by atoms with Crippen molar-refractivity contribution in [2.24, 2.45) is 22.7 Å². The molecule has 2 nitrogen and oxygen atoms in total. The van der Waals surface area contributed by atoms with E-state index in [4.69, 9.17) is 0 Å². The summed E-state index contributed by atoms with van der Waals surface area (Å²) in [7, 11) is 0. The van der Waals surface area contributed by atoms with Crippen molar-refractivity contribution in [2.45, 2.75) is 143 Å². The third-order valence-corrected chi connectivity index (χ3v) is 23.9. The molecule has 4 fully saturated rings. The Morgan fingerprint density at radius 2 is 0.716 bits per heavy atom. The van der Waals surface area contributed by atoms with E-state index in [0.29, 0.717) is 16.2 Å². The number of nitrogens with zero attached hydrogens (tertiary/aromatic N) is 2. The zero-order valence-corrected chi connectivity index (χ0v) is 53.7. The van der Waals surface area contributed by atoms with Gasteiger partial charge in [0, 0.05) is 50.4 Å². The van der Waals surface area contributed by atoms with Crippen LogP contribution in [0.2, 0.25) is 0 Å². The molecule has 2 unspecified atom stereocenters. The fourth-order valence-corrected chi connectivity index (χ4v) is 18.8. The molecule has 2 atom stereocenters. The van der Waals surface area contributed by atoms with Crippen LogP contribution in [-0.4, -0.2) is 0 Å². The predicted octanol–water partition coefficient (Wildman–Crippen LogP) is 23.8. The minimum absolute atomic E-state index is 0.0493. The van der Waals surface area contributed by atoms with Crippen LogP contribution in [0.25, 0.3) is 55.6 Å². The third-order valence-electron chi connectivity index (χ3n) is 23.9. The maximum absolute atomic E-state index is 2.70. The highest BCUT2D eigenvalue weighted by molar-refractivity contribution is 5.90. The maximum atomic E-state index is 2.70. The zero-order valence-electron chi connectivity index (χ0n) is 53.7. The van der Waals surface area contributed by atoms with Crippen molar-refractivity contribution in [3.05, 3.63) is 262 Å². The van der Waals surface area contributed by atoms with Gasteiger partial charge in [-0.15, -0.1) is 0 Å². The van der Waals surface area contributed by atoms with E-state index in [1.165, 1.54) is 145 Å². The summed E-state index contributed by atoms with van der Waals surface area (Å²) in [5, 5.41) is 0. The highest BCUT2D eigenvalue weighted by atomic mass is 15.1. The Hall–Kier alpha value is -8.20. The van der Waals surface area contributed by atoms with Gasteiger partial charge in [0.1, 0.15) is 0 Å². The number of aryl methyl sites for hydroxylation is 2. The Morgan fingerprint density at radius 1 is 0.364 bits per heavy atom. The molecule has 0 spiro atoms. The van der Waals surface area contributed by atoms with E-state index in [9.17, 15) is 0 Å². The average molecular weight is 1150 g/mol. The standard InChI is InChI=1S/C86H84N2/c1-12-81(4,5)86-51-56-43-57(52-86)50-85(49-56,53-86)62-27-40-72-71-39-26-61(45-77(71)83(8,9)78(72)46-62)59-23-34-66(35-24-59)88(64-30-19-55(3)20-31-64)68-37-42-74-73-41-36-67(47-79(73)84(10,11)80(74)48-68)87(63-28-17-54(2)18-29-63)65-32-21-58(22-33-65)60-25-38-70-69-15-13-14-16-75(69)82(6,7)76(70)44-60/h13-42,44-48,56-57H,12,43,49-53H2,1-11H3.